The molecule has 1 fully saturated rings. The van der Waals surface area contributed by atoms with E-state index in [1.807, 2.05) is 0 Å². The fraction of sp³-hybridized carbons (Fsp3) is 0.462. The van der Waals surface area contributed by atoms with Crippen molar-refractivity contribution in [2.45, 2.75) is 12.2 Å². The number of hydrogen-bond acceptors (Lipinski definition) is 4. The normalized spacial score (nSPS) is 21.8. The van der Waals surface area contributed by atoms with E-state index < -0.39 is 12.2 Å². The van der Waals surface area contributed by atoms with Crippen LogP contribution in [-0.2, 0) is 9.53 Å². The van der Waals surface area contributed by atoms with Gasteiger partial charge in [0.25, 0.3) is 5.91 Å². The quantitative estimate of drug-likeness (QED) is 0.854. The Hall–Kier alpha value is -1.59. The van der Waals surface area contributed by atoms with Crippen LogP contribution >= 0.6 is 0 Å². The monoisotopic (exact) mass is 251 g/mol. The van der Waals surface area contributed by atoms with Gasteiger partial charge in [0.1, 0.15) is 11.9 Å². The van der Waals surface area contributed by atoms with Crippen LogP contribution in [0.3, 0.4) is 0 Å². The Balaban J connectivity index is 2.14. The molecule has 1 N–H and O–H groups in total. The number of ether oxygens (including phenoxy) is 2. The predicted molar refractivity (Wildman–Crippen MR) is 65.3 cm³/mol. The highest BCUT2D eigenvalue weighted by molar-refractivity contribution is 5.82. The molecule has 2 atom stereocenters. The predicted octanol–water partition coefficient (Wildman–Crippen LogP) is 0.586. The smallest absolute Gasteiger partial charge is 0.254 e. The number of likely N-dealkylation sites (N-methyl/N-ethyl adjacent to an activating group) is 1. The van der Waals surface area contributed by atoms with Crippen molar-refractivity contribution in [1.29, 1.82) is 0 Å². The van der Waals surface area contributed by atoms with E-state index in [1.165, 1.54) is 0 Å². The molecule has 0 aliphatic carbocycles. The number of amides is 1. The van der Waals surface area contributed by atoms with Crippen molar-refractivity contribution < 1.29 is 19.4 Å². The van der Waals surface area contributed by atoms with E-state index in [9.17, 15) is 9.90 Å². The number of hydrogen-bond donors (Lipinski definition) is 1. The second-order valence-corrected chi connectivity index (χ2v) is 4.27. The van der Waals surface area contributed by atoms with Crippen molar-refractivity contribution in [3.63, 3.8) is 0 Å². The Morgan fingerprint density at radius 1 is 1.44 bits per heavy atom. The topological polar surface area (TPSA) is 59.0 Å². The van der Waals surface area contributed by atoms with Crippen molar-refractivity contribution in [3.05, 3.63) is 29.8 Å². The molecule has 1 amide bonds. The molecule has 98 valence electrons. The number of morpholine rings is 1. The highest BCUT2D eigenvalue weighted by atomic mass is 16.5. The lowest BCUT2D eigenvalue weighted by molar-refractivity contribution is -0.161. The summed E-state index contributed by atoms with van der Waals surface area (Å²) in [6, 6.07) is 6.95. The van der Waals surface area contributed by atoms with Gasteiger partial charge in [-0.2, -0.15) is 0 Å². The van der Waals surface area contributed by atoms with Gasteiger partial charge in [0.15, 0.2) is 6.10 Å². The summed E-state index contributed by atoms with van der Waals surface area (Å²) < 4.78 is 10.4. The third kappa shape index (κ3) is 2.47. The summed E-state index contributed by atoms with van der Waals surface area (Å²) in [6.07, 6.45) is -1.77. The number of aliphatic hydroxyl groups is 1. The second-order valence-electron chi connectivity index (χ2n) is 4.27. The first kappa shape index (κ1) is 12.9. The average Bonchev–Trinajstić information content (AvgIpc) is 2.41. The minimum absolute atomic E-state index is 0.190. The number of methoxy groups -OCH3 is 1. The molecule has 5 nitrogen and oxygen atoms in total. The van der Waals surface area contributed by atoms with Crippen molar-refractivity contribution in [2.75, 3.05) is 27.3 Å². The lowest BCUT2D eigenvalue weighted by atomic mass is 10.0. The van der Waals surface area contributed by atoms with Gasteiger partial charge in [-0.25, -0.2) is 0 Å². The van der Waals surface area contributed by atoms with E-state index in [0.29, 0.717) is 24.5 Å². The Morgan fingerprint density at radius 3 is 2.72 bits per heavy atom. The van der Waals surface area contributed by atoms with E-state index in [4.69, 9.17) is 9.47 Å². The molecule has 1 aliphatic rings. The number of carbonyl (C=O) groups is 1. The highest BCUT2D eigenvalue weighted by Gasteiger charge is 2.34. The number of carbonyl (C=O) groups excluding carboxylic acids is 1. The summed E-state index contributed by atoms with van der Waals surface area (Å²) in [6.45, 7) is 1.00. The van der Waals surface area contributed by atoms with Crippen LogP contribution in [-0.4, -0.2) is 49.3 Å². The van der Waals surface area contributed by atoms with Gasteiger partial charge < -0.3 is 19.5 Å². The molecule has 1 aromatic carbocycles. The van der Waals surface area contributed by atoms with Gasteiger partial charge in [0, 0.05) is 13.6 Å². The van der Waals surface area contributed by atoms with Crippen LogP contribution in [0, 0.1) is 0 Å². The molecule has 0 bridgehead atoms. The van der Waals surface area contributed by atoms with Gasteiger partial charge in [-0.1, -0.05) is 12.1 Å². The molecule has 0 radical (unpaired) electrons. The van der Waals surface area contributed by atoms with Crippen molar-refractivity contribution >= 4 is 5.91 Å². The Bertz CT molecular complexity index is 418. The molecule has 0 spiro atoms. The van der Waals surface area contributed by atoms with Crippen LogP contribution in [0.1, 0.15) is 11.7 Å². The zero-order chi connectivity index (χ0) is 13.1. The first-order valence-corrected chi connectivity index (χ1v) is 5.82. The van der Waals surface area contributed by atoms with E-state index >= 15 is 0 Å². The molecule has 1 heterocycles. The fourth-order valence-corrected chi connectivity index (χ4v) is 1.92. The first-order chi connectivity index (χ1) is 8.63. The first-order valence-electron chi connectivity index (χ1n) is 5.82. The van der Waals surface area contributed by atoms with E-state index in [2.05, 4.69) is 0 Å². The van der Waals surface area contributed by atoms with Gasteiger partial charge in [-0.3, -0.25) is 4.79 Å². The Labute approximate surface area is 106 Å². The molecular formula is C13H17NO4. The standard InChI is InChI=1S/C13H17NO4/c1-14-7-8-18-12(13(14)16)11(15)9-3-5-10(17-2)6-4-9/h3-6,11-12,15H,7-8H2,1-2H3/t11-,12+/m1/s1. The third-order valence-electron chi connectivity index (χ3n) is 3.09. The summed E-state index contributed by atoms with van der Waals surface area (Å²) in [5.41, 5.74) is 0.643. The summed E-state index contributed by atoms with van der Waals surface area (Å²) in [4.78, 5) is 13.4. The van der Waals surface area contributed by atoms with Gasteiger partial charge in [-0.05, 0) is 17.7 Å². The molecule has 0 saturated carbocycles. The zero-order valence-electron chi connectivity index (χ0n) is 10.5. The highest BCUT2D eigenvalue weighted by Crippen LogP contribution is 2.24. The van der Waals surface area contributed by atoms with Crippen LogP contribution in [0.4, 0.5) is 0 Å². The largest absolute Gasteiger partial charge is 0.497 e. The number of aliphatic hydroxyl groups excluding tert-OH is 1. The lowest BCUT2D eigenvalue weighted by Crippen LogP contribution is -2.48. The van der Waals surface area contributed by atoms with Crippen LogP contribution < -0.4 is 4.74 Å². The van der Waals surface area contributed by atoms with Crippen molar-refractivity contribution in [3.8, 4) is 5.75 Å². The van der Waals surface area contributed by atoms with Crippen molar-refractivity contribution in [2.24, 2.45) is 0 Å². The van der Waals surface area contributed by atoms with Gasteiger partial charge in [0.2, 0.25) is 0 Å². The number of rotatable bonds is 3. The number of nitrogens with zero attached hydrogens (tertiary/aromatic N) is 1. The molecule has 1 aliphatic heterocycles. The van der Waals surface area contributed by atoms with Gasteiger partial charge in [0.05, 0.1) is 13.7 Å². The van der Waals surface area contributed by atoms with E-state index in [0.717, 1.165) is 0 Å². The SMILES string of the molecule is COc1ccc([C@@H](O)[C@@H]2OCCN(C)C2=O)cc1. The molecule has 0 aromatic heterocycles. The summed E-state index contributed by atoms with van der Waals surface area (Å²) in [7, 11) is 3.28. The van der Waals surface area contributed by atoms with Crippen LogP contribution in [0.2, 0.25) is 0 Å². The zero-order valence-corrected chi connectivity index (χ0v) is 10.5. The summed E-state index contributed by atoms with van der Waals surface area (Å²) in [5.74, 6) is 0.517. The van der Waals surface area contributed by atoms with E-state index in [1.54, 1.807) is 43.3 Å². The minimum atomic E-state index is -0.953. The fourth-order valence-electron chi connectivity index (χ4n) is 1.92. The Kier molecular flexibility index (Phi) is 3.84. The second kappa shape index (κ2) is 5.37. The molecule has 5 heteroatoms. The van der Waals surface area contributed by atoms with Crippen molar-refractivity contribution in [1.82, 2.24) is 4.90 Å². The molecule has 1 aromatic rings. The van der Waals surface area contributed by atoms with Crippen LogP contribution in [0.25, 0.3) is 0 Å². The minimum Gasteiger partial charge on any atom is -0.497 e. The number of benzene rings is 1. The van der Waals surface area contributed by atoms with Gasteiger partial charge in [-0.15, -0.1) is 0 Å². The summed E-state index contributed by atoms with van der Waals surface area (Å²) >= 11 is 0. The Morgan fingerprint density at radius 2 is 2.11 bits per heavy atom. The lowest BCUT2D eigenvalue weighted by Gasteiger charge is -2.32. The maximum Gasteiger partial charge on any atom is 0.254 e. The molecule has 1 saturated heterocycles. The molecular weight excluding hydrogens is 234 g/mol. The average molecular weight is 251 g/mol. The third-order valence-corrected chi connectivity index (χ3v) is 3.09. The molecule has 18 heavy (non-hydrogen) atoms. The maximum atomic E-state index is 11.9. The van der Waals surface area contributed by atoms with Crippen LogP contribution in [0.15, 0.2) is 24.3 Å². The molecule has 2 rings (SSSR count). The van der Waals surface area contributed by atoms with Gasteiger partial charge >= 0.3 is 0 Å². The maximum absolute atomic E-state index is 11.9. The van der Waals surface area contributed by atoms with E-state index in [-0.39, 0.29) is 5.91 Å². The summed E-state index contributed by atoms with van der Waals surface area (Å²) in [5, 5.41) is 10.2. The van der Waals surface area contributed by atoms with Crippen LogP contribution in [0.5, 0.6) is 5.75 Å². The molecule has 0 unspecified atom stereocenters.